The highest BCUT2D eigenvalue weighted by atomic mass is 19.4. The summed E-state index contributed by atoms with van der Waals surface area (Å²) in [5.41, 5.74) is -1.70. The van der Waals surface area contributed by atoms with Gasteiger partial charge in [-0.2, -0.15) is 13.2 Å². The molecule has 4 nitrogen and oxygen atoms in total. The number of nitrogens with one attached hydrogen (secondary N) is 1. The molecular weight excluding hydrogens is 261 g/mol. The molecular formula is C12H11F3N2O2. The van der Waals surface area contributed by atoms with Crippen LogP contribution in [0, 0.1) is 22.0 Å². The summed E-state index contributed by atoms with van der Waals surface area (Å²) in [5.74, 6) is 5.14. The highest BCUT2D eigenvalue weighted by Crippen LogP contribution is 2.32. The molecule has 0 aromatic heterocycles. The fraction of sp³-hybridized carbons (Fsp3) is 0.333. The van der Waals surface area contributed by atoms with Crippen molar-refractivity contribution in [1.29, 1.82) is 0 Å². The van der Waals surface area contributed by atoms with Gasteiger partial charge in [0.05, 0.1) is 10.5 Å². The van der Waals surface area contributed by atoms with E-state index in [0.29, 0.717) is 19.0 Å². The predicted octanol–water partition coefficient (Wildman–Crippen LogP) is 2.57. The Kier molecular flexibility index (Phi) is 4.89. The van der Waals surface area contributed by atoms with Gasteiger partial charge in [-0.05, 0) is 13.1 Å². The van der Waals surface area contributed by atoms with E-state index in [4.69, 9.17) is 0 Å². The maximum absolute atomic E-state index is 12.6. The van der Waals surface area contributed by atoms with Gasteiger partial charge in [-0.25, -0.2) is 0 Å². The van der Waals surface area contributed by atoms with E-state index < -0.39 is 22.4 Å². The van der Waals surface area contributed by atoms with Gasteiger partial charge in [-0.15, -0.1) is 0 Å². The van der Waals surface area contributed by atoms with Crippen LogP contribution in [0.25, 0.3) is 0 Å². The third kappa shape index (κ3) is 4.60. The number of rotatable bonds is 3. The average Bonchev–Trinajstić information content (AvgIpc) is 2.33. The zero-order chi connectivity index (χ0) is 14.5. The van der Waals surface area contributed by atoms with Crippen LogP contribution >= 0.6 is 0 Å². The van der Waals surface area contributed by atoms with Crippen molar-refractivity contribution >= 4 is 5.69 Å². The summed E-state index contributed by atoms with van der Waals surface area (Å²) in [7, 11) is 1.72. The van der Waals surface area contributed by atoms with Gasteiger partial charge in [0.15, 0.2) is 0 Å². The number of hydrogen-bond acceptors (Lipinski definition) is 3. The lowest BCUT2D eigenvalue weighted by Gasteiger charge is -2.06. The second-order valence-corrected chi connectivity index (χ2v) is 3.68. The second-order valence-electron chi connectivity index (χ2n) is 3.68. The molecule has 0 spiro atoms. The molecule has 7 heteroatoms. The van der Waals surface area contributed by atoms with Crippen molar-refractivity contribution in [1.82, 2.24) is 5.32 Å². The molecule has 1 N–H and O–H groups in total. The van der Waals surface area contributed by atoms with Gasteiger partial charge in [0.1, 0.15) is 0 Å². The summed E-state index contributed by atoms with van der Waals surface area (Å²) in [6, 6.07) is 2.33. The van der Waals surface area contributed by atoms with Crippen molar-refractivity contribution in [2.45, 2.75) is 12.6 Å². The van der Waals surface area contributed by atoms with Crippen LogP contribution in [0.4, 0.5) is 18.9 Å². The predicted molar refractivity (Wildman–Crippen MR) is 63.5 cm³/mol. The molecule has 1 aromatic carbocycles. The van der Waals surface area contributed by atoms with E-state index in [1.807, 2.05) is 0 Å². The number of benzene rings is 1. The van der Waals surface area contributed by atoms with Gasteiger partial charge in [0.2, 0.25) is 0 Å². The monoisotopic (exact) mass is 272 g/mol. The van der Waals surface area contributed by atoms with Gasteiger partial charge in [0.25, 0.3) is 5.69 Å². The van der Waals surface area contributed by atoms with Crippen LogP contribution < -0.4 is 5.32 Å². The van der Waals surface area contributed by atoms with Crippen LogP contribution in [0.2, 0.25) is 0 Å². The number of nitro benzene ring substituents is 1. The SMILES string of the molecule is CNCCC#Cc1cc([N+](=O)[O-])cc(C(F)(F)F)c1. The van der Waals surface area contributed by atoms with Crippen LogP contribution in [0.5, 0.6) is 0 Å². The molecule has 19 heavy (non-hydrogen) atoms. The standard InChI is InChI=1S/C12H11F3N2O2/c1-16-5-3-2-4-9-6-10(12(13,14)15)8-11(7-9)17(18)19/h6-8,16H,3,5H2,1H3. The summed E-state index contributed by atoms with van der Waals surface area (Å²) in [6.45, 7) is 0.591. The number of non-ortho nitro benzene ring substituents is 1. The molecule has 0 unspecified atom stereocenters. The maximum atomic E-state index is 12.6. The Balaban J connectivity index is 3.13. The molecule has 0 radical (unpaired) electrons. The number of halogens is 3. The van der Waals surface area contributed by atoms with Crippen LogP contribution in [0.15, 0.2) is 18.2 Å². The minimum atomic E-state index is -4.63. The van der Waals surface area contributed by atoms with Crippen LogP contribution in [0.1, 0.15) is 17.5 Å². The Morgan fingerprint density at radius 2 is 2.05 bits per heavy atom. The Morgan fingerprint density at radius 3 is 2.58 bits per heavy atom. The first-order valence-corrected chi connectivity index (χ1v) is 5.34. The Bertz CT molecular complexity index is 530. The maximum Gasteiger partial charge on any atom is 0.416 e. The van der Waals surface area contributed by atoms with Gasteiger partial charge >= 0.3 is 6.18 Å². The van der Waals surface area contributed by atoms with E-state index in [-0.39, 0.29) is 5.56 Å². The second kappa shape index (κ2) is 6.20. The number of nitro groups is 1. The molecule has 0 amide bonds. The van der Waals surface area contributed by atoms with Crippen LogP contribution in [-0.2, 0) is 6.18 Å². The highest BCUT2D eigenvalue weighted by molar-refractivity contribution is 5.47. The molecule has 0 bridgehead atoms. The van der Waals surface area contributed by atoms with E-state index in [1.165, 1.54) is 0 Å². The van der Waals surface area contributed by atoms with Crippen molar-refractivity contribution in [2.75, 3.05) is 13.6 Å². The number of hydrogen-bond donors (Lipinski definition) is 1. The highest BCUT2D eigenvalue weighted by Gasteiger charge is 2.32. The molecule has 0 aliphatic heterocycles. The quantitative estimate of drug-likeness (QED) is 0.398. The van der Waals surface area contributed by atoms with Gasteiger partial charge in [-0.3, -0.25) is 10.1 Å². The third-order valence-corrected chi connectivity index (χ3v) is 2.19. The topological polar surface area (TPSA) is 55.2 Å². The molecule has 1 aromatic rings. The largest absolute Gasteiger partial charge is 0.416 e. The van der Waals surface area contributed by atoms with E-state index in [2.05, 4.69) is 17.2 Å². The number of alkyl halides is 3. The molecule has 1 rings (SSSR count). The van der Waals surface area contributed by atoms with Gasteiger partial charge in [0, 0.05) is 30.7 Å². The smallest absolute Gasteiger partial charge is 0.319 e. The van der Waals surface area contributed by atoms with Crippen LogP contribution in [-0.4, -0.2) is 18.5 Å². The molecule has 0 saturated carbocycles. The van der Waals surface area contributed by atoms with Crippen molar-refractivity contribution in [3.8, 4) is 11.8 Å². The Morgan fingerprint density at radius 1 is 1.37 bits per heavy atom. The normalized spacial score (nSPS) is 10.7. The third-order valence-electron chi connectivity index (χ3n) is 2.19. The van der Waals surface area contributed by atoms with Crippen LogP contribution in [0.3, 0.4) is 0 Å². The summed E-state index contributed by atoms with van der Waals surface area (Å²) in [4.78, 5) is 9.72. The minimum absolute atomic E-state index is 0.0161. The van der Waals surface area contributed by atoms with Crippen molar-refractivity contribution in [3.05, 3.63) is 39.4 Å². The van der Waals surface area contributed by atoms with Gasteiger partial charge < -0.3 is 5.32 Å². The molecule has 0 aliphatic rings. The van der Waals surface area contributed by atoms with E-state index in [0.717, 1.165) is 12.1 Å². The minimum Gasteiger partial charge on any atom is -0.319 e. The fourth-order valence-corrected chi connectivity index (χ4v) is 1.30. The fourth-order valence-electron chi connectivity index (χ4n) is 1.30. The van der Waals surface area contributed by atoms with Crippen molar-refractivity contribution in [3.63, 3.8) is 0 Å². The van der Waals surface area contributed by atoms with Crippen molar-refractivity contribution in [2.24, 2.45) is 0 Å². The molecule has 0 aliphatic carbocycles. The summed E-state index contributed by atoms with van der Waals surface area (Å²) in [5, 5.41) is 13.4. The van der Waals surface area contributed by atoms with E-state index >= 15 is 0 Å². The first kappa shape index (κ1) is 15.0. The molecule has 0 atom stereocenters. The zero-order valence-corrected chi connectivity index (χ0v) is 10.0. The molecule has 0 heterocycles. The molecule has 0 fully saturated rings. The Labute approximate surface area is 107 Å². The average molecular weight is 272 g/mol. The first-order chi connectivity index (χ1) is 8.84. The summed E-state index contributed by atoms with van der Waals surface area (Å²) >= 11 is 0. The Hall–Kier alpha value is -2.07. The zero-order valence-electron chi connectivity index (χ0n) is 10.0. The van der Waals surface area contributed by atoms with Gasteiger partial charge in [-0.1, -0.05) is 11.8 Å². The molecule has 0 saturated heterocycles. The van der Waals surface area contributed by atoms with Crippen molar-refractivity contribution < 1.29 is 18.1 Å². The lowest BCUT2D eigenvalue weighted by atomic mass is 10.1. The lowest BCUT2D eigenvalue weighted by Crippen LogP contribution is -2.06. The number of nitrogens with zero attached hydrogens (tertiary/aromatic N) is 1. The first-order valence-electron chi connectivity index (χ1n) is 5.34. The lowest BCUT2D eigenvalue weighted by molar-refractivity contribution is -0.385. The molecule has 102 valence electrons. The van der Waals surface area contributed by atoms with E-state index in [1.54, 1.807) is 7.05 Å². The summed E-state index contributed by atoms with van der Waals surface area (Å²) < 4.78 is 37.7. The summed E-state index contributed by atoms with van der Waals surface area (Å²) in [6.07, 6.45) is -4.19. The van der Waals surface area contributed by atoms with E-state index in [9.17, 15) is 23.3 Å².